The van der Waals surface area contributed by atoms with Gasteiger partial charge in [-0.25, -0.2) is 0 Å². The molecule has 1 saturated heterocycles. The van der Waals surface area contributed by atoms with E-state index in [0.717, 1.165) is 52.4 Å². The first-order valence-corrected chi connectivity index (χ1v) is 17.7. The molecule has 0 spiro atoms. The van der Waals surface area contributed by atoms with Gasteiger partial charge < -0.3 is 5.32 Å². The van der Waals surface area contributed by atoms with Gasteiger partial charge >= 0.3 is 170 Å². The van der Waals surface area contributed by atoms with E-state index < -0.39 is 20.2 Å². The van der Waals surface area contributed by atoms with E-state index in [0.29, 0.717) is 9.68 Å². The second-order valence-electron chi connectivity index (χ2n) is 9.32. The zero-order valence-electron chi connectivity index (χ0n) is 20.2. The molecule has 6 heteroatoms. The Morgan fingerprint density at radius 2 is 1.91 bits per heavy atom. The van der Waals surface area contributed by atoms with E-state index in [-0.39, 0.29) is 17.9 Å². The molecule has 2 fully saturated rings. The third-order valence-electron chi connectivity index (χ3n) is 6.78. The van der Waals surface area contributed by atoms with Gasteiger partial charge in [-0.3, -0.25) is 4.79 Å². The van der Waals surface area contributed by atoms with Gasteiger partial charge in [0.25, 0.3) is 0 Å². The molecule has 174 valence electrons. The quantitative estimate of drug-likeness (QED) is 0.314. The monoisotopic (exact) mass is 553 g/mol. The topological polar surface area (TPSA) is 75.1 Å². The number of carbonyl (C=O) groups is 1. The van der Waals surface area contributed by atoms with Gasteiger partial charge in [-0.15, -0.1) is 0 Å². The molecule has 2 aromatic heterocycles. The number of amides is 1. The summed E-state index contributed by atoms with van der Waals surface area (Å²) in [6, 6.07) is 3.93. The summed E-state index contributed by atoms with van der Waals surface area (Å²) in [5.41, 5.74) is 5.39. The van der Waals surface area contributed by atoms with Gasteiger partial charge in [0.15, 0.2) is 0 Å². The van der Waals surface area contributed by atoms with Crippen LogP contribution in [0.2, 0.25) is 13.1 Å². The van der Waals surface area contributed by atoms with Crippen LogP contribution in [0, 0.1) is 5.92 Å². The third-order valence-corrected chi connectivity index (χ3v) is 12.8. The van der Waals surface area contributed by atoms with Crippen LogP contribution in [0.1, 0.15) is 52.7 Å². The number of hydrogen-bond donors (Lipinski definition) is 2. The maximum atomic E-state index is 12.0. The van der Waals surface area contributed by atoms with E-state index in [4.69, 9.17) is 4.98 Å². The van der Waals surface area contributed by atoms with Crippen LogP contribution in [0.5, 0.6) is 0 Å². The summed E-state index contributed by atoms with van der Waals surface area (Å²) < 4.78 is 1.82. The van der Waals surface area contributed by atoms with Crippen molar-refractivity contribution in [2.24, 2.45) is 5.92 Å². The Labute approximate surface area is 204 Å². The van der Waals surface area contributed by atoms with Crippen LogP contribution in [0.3, 0.4) is 0 Å². The summed E-state index contributed by atoms with van der Waals surface area (Å²) in [7, 11) is 0. The molecule has 2 atom stereocenters. The second kappa shape index (κ2) is 10.1. The zero-order chi connectivity index (χ0) is 23.7. The third kappa shape index (κ3) is 5.58. The predicted molar refractivity (Wildman–Crippen MR) is 137 cm³/mol. The molecule has 0 radical (unpaired) electrons. The first-order valence-electron chi connectivity index (χ1n) is 11.8. The normalized spacial score (nSPS) is 21.1. The number of nitrogens with one attached hydrogen (secondary N) is 1. The molecule has 0 bridgehead atoms. The molecule has 1 saturated carbocycles. The summed E-state index contributed by atoms with van der Waals surface area (Å²) in [5.74, 6) is 0.782. The van der Waals surface area contributed by atoms with Crippen molar-refractivity contribution in [3.05, 3.63) is 59.1 Å². The van der Waals surface area contributed by atoms with Crippen LogP contribution < -0.4 is 5.32 Å². The van der Waals surface area contributed by atoms with Crippen molar-refractivity contribution in [3.8, 4) is 0 Å². The molecule has 3 heterocycles. The first kappa shape index (κ1) is 24.2. The Morgan fingerprint density at radius 3 is 2.52 bits per heavy atom. The van der Waals surface area contributed by atoms with Crippen LogP contribution in [0.15, 0.2) is 53.4 Å². The number of fused-ring (bicyclic) bond motifs is 1. The number of hydrogen-bond acceptors (Lipinski definition) is 4. The second-order valence-corrected chi connectivity index (χ2v) is 16.6. The number of anilines is 1. The average molecular weight is 554 g/mol. The van der Waals surface area contributed by atoms with Crippen molar-refractivity contribution in [1.29, 1.82) is 0 Å². The molecule has 1 aliphatic heterocycles. The SMILES string of the molecule is C\C=C(/C(C)=C\C(=C(/C)CC)C(O)[CH]1[CH2][Sb]1[CH3])c1cc2cnc(NC(=O)C3CC3)cc2cn1. The fourth-order valence-corrected chi connectivity index (χ4v) is 11.1. The summed E-state index contributed by atoms with van der Waals surface area (Å²) in [4.78, 5) is 23.6. The number of carbonyl (C=O) groups excluding carboxylic acids is 1. The van der Waals surface area contributed by atoms with E-state index in [1.807, 2.05) is 25.3 Å². The number of rotatable bonds is 8. The van der Waals surface area contributed by atoms with Gasteiger partial charge in [0.05, 0.1) is 0 Å². The van der Waals surface area contributed by atoms with Crippen LogP contribution in [0.4, 0.5) is 5.82 Å². The molecule has 2 aromatic rings. The molecule has 5 nitrogen and oxygen atoms in total. The van der Waals surface area contributed by atoms with Gasteiger partial charge in [0, 0.05) is 5.92 Å². The van der Waals surface area contributed by atoms with Gasteiger partial charge in [-0.1, -0.05) is 0 Å². The van der Waals surface area contributed by atoms with Crippen molar-refractivity contribution in [2.75, 3.05) is 5.32 Å². The summed E-state index contributed by atoms with van der Waals surface area (Å²) in [6.45, 7) is 8.41. The fourth-order valence-electron chi connectivity index (χ4n) is 4.18. The maximum absolute atomic E-state index is 12.0. The Bertz CT molecular complexity index is 1160. The number of pyridine rings is 2. The Balaban J connectivity index is 1.60. The van der Waals surface area contributed by atoms with Crippen molar-refractivity contribution in [3.63, 3.8) is 0 Å². The molecule has 1 aliphatic carbocycles. The van der Waals surface area contributed by atoms with E-state index in [9.17, 15) is 9.90 Å². The summed E-state index contributed by atoms with van der Waals surface area (Å²) >= 11 is -1.14. The van der Waals surface area contributed by atoms with E-state index in [1.165, 1.54) is 9.94 Å². The molecule has 2 aliphatic rings. The van der Waals surface area contributed by atoms with Gasteiger partial charge in [-0.05, 0) is 12.8 Å². The molecule has 2 N–H and O–H groups in total. The number of aromatic nitrogens is 2. The van der Waals surface area contributed by atoms with Gasteiger partial charge in [0.1, 0.15) is 0 Å². The van der Waals surface area contributed by atoms with Crippen molar-refractivity contribution in [2.45, 2.75) is 66.2 Å². The number of nitrogens with zero attached hydrogens (tertiary/aromatic N) is 2. The molecular weight excluding hydrogens is 520 g/mol. The Kier molecular flexibility index (Phi) is 7.40. The standard InChI is InChI=1S/C26H31N3O2.CH3.Sb/c1-6-16(4)22(24(30)8-3)11-17(5)21(7-2)23-12-19-15-28-25(13-20(19)14-27-23)29-26(31)18-9-10-18;;/h7-8,11-15,18,24,30H,3,6,9-10H2,1-2,4-5H3,(H,28,29,31);1H3;/b17-11-,21-7+,22-16-;;. The molecule has 0 aromatic carbocycles. The van der Waals surface area contributed by atoms with E-state index in [1.54, 1.807) is 6.20 Å². The van der Waals surface area contributed by atoms with Gasteiger partial charge in [-0.2, -0.15) is 0 Å². The first-order chi connectivity index (χ1) is 15.8. The summed E-state index contributed by atoms with van der Waals surface area (Å²) in [5, 5.41) is 15.9. The van der Waals surface area contributed by atoms with Crippen molar-refractivity contribution < 1.29 is 9.90 Å². The molecular formula is C27H34N3O2Sb. The Hall–Kier alpha value is -1.97. The summed E-state index contributed by atoms with van der Waals surface area (Å²) in [6.07, 6.45) is 10.4. The van der Waals surface area contributed by atoms with Crippen molar-refractivity contribution >= 4 is 48.3 Å². The number of aliphatic hydroxyl groups is 1. The zero-order valence-corrected chi connectivity index (χ0v) is 22.8. The van der Waals surface area contributed by atoms with Crippen LogP contribution in [-0.2, 0) is 4.79 Å². The van der Waals surface area contributed by atoms with Crippen molar-refractivity contribution in [1.82, 2.24) is 9.97 Å². The van der Waals surface area contributed by atoms with Crippen LogP contribution in [-0.4, -0.2) is 47.3 Å². The van der Waals surface area contributed by atoms with Gasteiger partial charge in [0.2, 0.25) is 5.91 Å². The molecule has 2 unspecified atom stereocenters. The van der Waals surface area contributed by atoms with Crippen LogP contribution in [0.25, 0.3) is 16.3 Å². The Morgan fingerprint density at radius 1 is 1.24 bits per heavy atom. The molecule has 4 rings (SSSR count). The number of aliphatic hydroxyl groups excluding tert-OH is 1. The van der Waals surface area contributed by atoms with E-state index >= 15 is 0 Å². The predicted octanol–water partition coefficient (Wildman–Crippen LogP) is 5.92. The van der Waals surface area contributed by atoms with E-state index in [2.05, 4.69) is 48.1 Å². The average Bonchev–Trinajstić information content (AvgIpc) is 3.73. The fraction of sp³-hybridized carbons (Fsp3) is 0.444. The number of allylic oxidation sites excluding steroid dienone is 4. The van der Waals surface area contributed by atoms with Crippen LogP contribution >= 0.6 is 0 Å². The minimum atomic E-state index is -1.14. The molecule has 1 amide bonds. The molecule has 33 heavy (non-hydrogen) atoms. The minimum absolute atomic E-state index is 0.0564.